The first-order valence-electron chi connectivity index (χ1n) is 7.71. The van der Waals surface area contributed by atoms with E-state index in [1.807, 2.05) is 0 Å². The molecule has 5 nitrogen and oxygen atoms in total. The van der Waals surface area contributed by atoms with Gasteiger partial charge in [0, 0.05) is 17.6 Å². The Morgan fingerprint density at radius 3 is 2.74 bits per heavy atom. The van der Waals surface area contributed by atoms with Gasteiger partial charge in [0.1, 0.15) is 5.58 Å². The van der Waals surface area contributed by atoms with Gasteiger partial charge in [-0.25, -0.2) is 0 Å². The first-order chi connectivity index (χ1) is 11.0. The van der Waals surface area contributed by atoms with Crippen molar-refractivity contribution in [1.29, 1.82) is 0 Å². The summed E-state index contributed by atoms with van der Waals surface area (Å²) in [5.74, 6) is -0.567. The number of nitrogens with one attached hydrogen (secondary N) is 1. The van der Waals surface area contributed by atoms with Crippen molar-refractivity contribution in [2.24, 2.45) is 0 Å². The van der Waals surface area contributed by atoms with E-state index in [4.69, 9.17) is 16.0 Å². The predicted octanol–water partition coefficient (Wildman–Crippen LogP) is 2.87. The third kappa shape index (κ3) is 3.57. The summed E-state index contributed by atoms with van der Waals surface area (Å²) in [4.78, 5) is 24.3. The van der Waals surface area contributed by atoms with E-state index in [0.29, 0.717) is 28.8 Å². The number of benzene rings is 1. The average molecular weight is 336 g/mol. The number of fused-ring (bicyclic) bond motifs is 1. The van der Waals surface area contributed by atoms with Crippen molar-refractivity contribution < 1.29 is 14.3 Å². The van der Waals surface area contributed by atoms with Gasteiger partial charge >= 0.3 is 0 Å². The van der Waals surface area contributed by atoms with Gasteiger partial charge in [0.25, 0.3) is 5.91 Å². The lowest BCUT2D eigenvalue weighted by atomic mass is 9.85. The summed E-state index contributed by atoms with van der Waals surface area (Å²) < 4.78 is 5.48. The molecule has 23 heavy (non-hydrogen) atoms. The van der Waals surface area contributed by atoms with Crippen molar-refractivity contribution in [3.8, 4) is 0 Å². The molecular formula is C17H18ClNO4. The van der Waals surface area contributed by atoms with Crippen LogP contribution in [0.4, 0.5) is 0 Å². The lowest BCUT2D eigenvalue weighted by Crippen LogP contribution is -2.44. The Hall–Kier alpha value is -1.85. The molecule has 1 aromatic carbocycles. The Morgan fingerprint density at radius 1 is 1.26 bits per heavy atom. The molecule has 0 unspecified atom stereocenters. The van der Waals surface area contributed by atoms with Crippen LogP contribution in [-0.2, 0) is 0 Å². The summed E-state index contributed by atoms with van der Waals surface area (Å²) in [6.45, 7) is 0.161. The number of rotatable bonds is 3. The Morgan fingerprint density at radius 2 is 2.00 bits per heavy atom. The van der Waals surface area contributed by atoms with Crippen LogP contribution in [0.5, 0.6) is 0 Å². The van der Waals surface area contributed by atoms with E-state index in [9.17, 15) is 14.7 Å². The van der Waals surface area contributed by atoms with E-state index in [0.717, 1.165) is 25.3 Å². The fourth-order valence-electron chi connectivity index (χ4n) is 2.96. The quantitative estimate of drug-likeness (QED) is 0.904. The average Bonchev–Trinajstić information content (AvgIpc) is 2.54. The van der Waals surface area contributed by atoms with E-state index < -0.39 is 11.5 Å². The van der Waals surface area contributed by atoms with Crippen molar-refractivity contribution in [1.82, 2.24) is 5.32 Å². The fraction of sp³-hybridized carbons (Fsp3) is 0.412. The van der Waals surface area contributed by atoms with Crippen molar-refractivity contribution in [3.05, 3.63) is 45.3 Å². The Balaban J connectivity index is 1.78. The Labute approximate surface area is 138 Å². The first kappa shape index (κ1) is 16.0. The third-order valence-corrected chi connectivity index (χ3v) is 4.51. The van der Waals surface area contributed by atoms with Crippen LogP contribution in [0.1, 0.15) is 42.7 Å². The van der Waals surface area contributed by atoms with E-state index >= 15 is 0 Å². The molecular weight excluding hydrogens is 318 g/mol. The second-order valence-corrected chi connectivity index (χ2v) is 6.52. The molecule has 0 spiro atoms. The van der Waals surface area contributed by atoms with Crippen molar-refractivity contribution in [2.45, 2.75) is 37.7 Å². The van der Waals surface area contributed by atoms with Gasteiger partial charge in [-0.15, -0.1) is 0 Å². The normalized spacial score (nSPS) is 17.1. The number of carbonyl (C=O) groups excluding carboxylic acids is 1. The van der Waals surface area contributed by atoms with Gasteiger partial charge in [-0.1, -0.05) is 30.9 Å². The molecule has 1 aliphatic rings. The van der Waals surface area contributed by atoms with Crippen LogP contribution in [0.15, 0.2) is 33.5 Å². The smallest absolute Gasteiger partial charge is 0.287 e. The van der Waals surface area contributed by atoms with Gasteiger partial charge in [-0.2, -0.15) is 0 Å². The molecule has 0 atom stereocenters. The second-order valence-electron chi connectivity index (χ2n) is 6.08. The molecule has 1 amide bonds. The maximum atomic E-state index is 12.2. The molecule has 122 valence electrons. The molecule has 2 aromatic rings. The SMILES string of the molecule is O=C(NCC1(O)CCCCC1)c1cc(=O)c2cc(Cl)ccc2o1. The van der Waals surface area contributed by atoms with Gasteiger partial charge in [-0.05, 0) is 31.0 Å². The summed E-state index contributed by atoms with van der Waals surface area (Å²) >= 11 is 5.86. The van der Waals surface area contributed by atoms with Gasteiger partial charge in [-0.3, -0.25) is 9.59 Å². The van der Waals surface area contributed by atoms with Crippen molar-refractivity contribution in [2.75, 3.05) is 6.54 Å². The summed E-state index contributed by atoms with van der Waals surface area (Å²) in [6, 6.07) is 5.82. The zero-order valence-corrected chi connectivity index (χ0v) is 13.4. The number of carbonyl (C=O) groups is 1. The summed E-state index contributed by atoms with van der Waals surface area (Å²) in [5.41, 5.74) is -0.878. The maximum Gasteiger partial charge on any atom is 0.287 e. The maximum absolute atomic E-state index is 12.2. The van der Waals surface area contributed by atoms with Crippen LogP contribution >= 0.6 is 11.6 Å². The number of halogens is 1. The van der Waals surface area contributed by atoms with E-state index in [-0.39, 0.29) is 17.7 Å². The molecule has 1 heterocycles. The number of amides is 1. The minimum absolute atomic E-state index is 0.0655. The highest BCUT2D eigenvalue weighted by Gasteiger charge is 2.29. The van der Waals surface area contributed by atoms with Gasteiger partial charge in [0.05, 0.1) is 11.0 Å². The van der Waals surface area contributed by atoms with Crippen LogP contribution in [-0.4, -0.2) is 23.2 Å². The van der Waals surface area contributed by atoms with Gasteiger partial charge in [0.2, 0.25) is 0 Å². The first-order valence-corrected chi connectivity index (χ1v) is 8.09. The summed E-state index contributed by atoms with van der Waals surface area (Å²) in [6.07, 6.45) is 4.37. The standard InChI is InChI=1S/C17H18ClNO4/c18-11-4-5-14-12(8-11)13(20)9-15(23-14)16(21)19-10-17(22)6-2-1-3-7-17/h4-5,8-9,22H,1-3,6-7,10H2,(H,19,21). The number of hydrogen-bond donors (Lipinski definition) is 2. The number of hydrogen-bond acceptors (Lipinski definition) is 4. The molecule has 2 N–H and O–H groups in total. The number of aliphatic hydroxyl groups is 1. The molecule has 1 saturated carbocycles. The van der Waals surface area contributed by atoms with E-state index in [1.54, 1.807) is 12.1 Å². The highest BCUT2D eigenvalue weighted by molar-refractivity contribution is 6.31. The highest BCUT2D eigenvalue weighted by Crippen LogP contribution is 2.27. The lowest BCUT2D eigenvalue weighted by molar-refractivity contribution is 0.00503. The Kier molecular flexibility index (Phi) is 4.41. The second kappa shape index (κ2) is 6.34. The van der Waals surface area contributed by atoms with Crippen LogP contribution < -0.4 is 10.7 Å². The van der Waals surface area contributed by atoms with Crippen LogP contribution in [0.25, 0.3) is 11.0 Å². The molecule has 6 heteroatoms. The fourth-order valence-corrected chi connectivity index (χ4v) is 3.13. The van der Waals surface area contributed by atoms with Crippen LogP contribution in [0, 0.1) is 0 Å². The zero-order valence-electron chi connectivity index (χ0n) is 12.6. The summed E-state index contributed by atoms with van der Waals surface area (Å²) in [5, 5.41) is 13.8. The molecule has 1 fully saturated rings. The molecule has 0 bridgehead atoms. The highest BCUT2D eigenvalue weighted by atomic mass is 35.5. The molecule has 1 aromatic heterocycles. The molecule has 0 saturated heterocycles. The molecule has 1 aliphatic carbocycles. The van der Waals surface area contributed by atoms with Crippen LogP contribution in [0.2, 0.25) is 5.02 Å². The van der Waals surface area contributed by atoms with Gasteiger partial charge in [0.15, 0.2) is 11.2 Å². The third-order valence-electron chi connectivity index (χ3n) is 4.28. The van der Waals surface area contributed by atoms with Crippen molar-refractivity contribution >= 4 is 28.5 Å². The topological polar surface area (TPSA) is 79.5 Å². The van der Waals surface area contributed by atoms with Crippen LogP contribution in [0.3, 0.4) is 0 Å². The summed E-state index contributed by atoms with van der Waals surface area (Å²) in [7, 11) is 0. The van der Waals surface area contributed by atoms with Gasteiger partial charge < -0.3 is 14.8 Å². The monoisotopic (exact) mass is 335 g/mol. The molecule has 3 rings (SSSR count). The largest absolute Gasteiger partial charge is 0.451 e. The molecule has 0 radical (unpaired) electrons. The zero-order chi connectivity index (χ0) is 16.4. The Bertz CT molecular complexity index is 793. The minimum atomic E-state index is -0.863. The predicted molar refractivity (Wildman–Crippen MR) is 87.9 cm³/mol. The van der Waals surface area contributed by atoms with E-state index in [1.165, 1.54) is 6.07 Å². The minimum Gasteiger partial charge on any atom is -0.451 e. The molecule has 0 aliphatic heterocycles. The lowest BCUT2D eigenvalue weighted by Gasteiger charge is -2.31. The van der Waals surface area contributed by atoms with Crippen molar-refractivity contribution in [3.63, 3.8) is 0 Å². The van der Waals surface area contributed by atoms with E-state index in [2.05, 4.69) is 5.32 Å².